The first-order valence-electron chi connectivity index (χ1n) is 10.7. The Balaban J connectivity index is 1.38. The van der Waals surface area contributed by atoms with Crippen LogP contribution in [0.3, 0.4) is 0 Å². The van der Waals surface area contributed by atoms with E-state index in [0.717, 1.165) is 29.2 Å². The zero-order valence-electron chi connectivity index (χ0n) is 19.0. The molecule has 1 saturated heterocycles. The number of carbonyl (C=O) groups excluding carboxylic acids is 1. The fourth-order valence-corrected chi connectivity index (χ4v) is 5.16. The lowest BCUT2D eigenvalue weighted by atomic mass is 10.1. The van der Waals surface area contributed by atoms with Gasteiger partial charge in [0.25, 0.3) is 0 Å². The molecular weight excluding hydrogens is 426 g/mol. The van der Waals surface area contributed by atoms with Crippen LogP contribution >= 0.6 is 11.3 Å². The minimum absolute atomic E-state index is 0.103. The number of amides is 1. The zero-order chi connectivity index (χ0) is 22.7. The van der Waals surface area contributed by atoms with Crippen LogP contribution in [0, 0.1) is 0 Å². The van der Waals surface area contributed by atoms with E-state index in [9.17, 15) is 4.79 Å². The maximum Gasteiger partial charge on any atom is 0.227 e. The van der Waals surface area contributed by atoms with Crippen LogP contribution < -0.4 is 14.2 Å². The van der Waals surface area contributed by atoms with Crippen LogP contribution in [-0.4, -0.2) is 68.2 Å². The van der Waals surface area contributed by atoms with E-state index in [1.807, 2.05) is 29.2 Å². The summed E-state index contributed by atoms with van der Waals surface area (Å²) in [5.41, 5.74) is 1.90. The fourth-order valence-electron chi connectivity index (χ4n) is 4.11. The second-order valence-corrected chi connectivity index (χ2v) is 8.89. The summed E-state index contributed by atoms with van der Waals surface area (Å²) in [6.07, 6.45) is 0.296. The lowest BCUT2D eigenvalue weighted by molar-refractivity contribution is -0.132. The third-order valence-corrected chi connectivity index (χ3v) is 7.17. The molecular formula is C24H29N3O4S. The predicted octanol–water partition coefficient (Wildman–Crippen LogP) is 3.77. The first-order chi connectivity index (χ1) is 15.5. The molecule has 1 aliphatic heterocycles. The molecule has 8 heteroatoms. The zero-order valence-corrected chi connectivity index (χ0v) is 19.8. The van der Waals surface area contributed by atoms with Crippen molar-refractivity contribution in [2.75, 3.05) is 47.5 Å². The van der Waals surface area contributed by atoms with Crippen molar-refractivity contribution in [1.29, 1.82) is 0 Å². The van der Waals surface area contributed by atoms with Crippen molar-refractivity contribution >= 4 is 27.5 Å². The lowest BCUT2D eigenvalue weighted by Crippen LogP contribution is -2.49. The summed E-state index contributed by atoms with van der Waals surface area (Å²) in [5.74, 6) is 1.75. The van der Waals surface area contributed by atoms with Crippen LogP contribution in [0.15, 0.2) is 36.4 Å². The molecule has 0 N–H and O–H groups in total. The number of piperazine rings is 1. The van der Waals surface area contributed by atoms with Crippen LogP contribution in [-0.2, 0) is 11.2 Å². The Kier molecular flexibility index (Phi) is 6.81. The standard InChI is InChI=1S/C24H29N3O4S/c1-16(24-25-18-7-5-6-8-21(18)32-24)26-9-11-27(12-10-26)22(28)15-17-13-19(29-2)23(31-4)20(14-17)30-3/h5-8,13-14,16H,9-12,15H2,1-4H3. The molecule has 2 heterocycles. The van der Waals surface area contributed by atoms with Gasteiger partial charge in [0.15, 0.2) is 11.5 Å². The van der Waals surface area contributed by atoms with Gasteiger partial charge in [-0.25, -0.2) is 4.98 Å². The van der Waals surface area contributed by atoms with Gasteiger partial charge in [-0.15, -0.1) is 11.3 Å². The molecule has 1 atom stereocenters. The first kappa shape index (κ1) is 22.4. The minimum atomic E-state index is 0.103. The van der Waals surface area contributed by atoms with Gasteiger partial charge in [0, 0.05) is 26.2 Å². The van der Waals surface area contributed by atoms with Gasteiger partial charge in [0.1, 0.15) is 5.01 Å². The summed E-state index contributed by atoms with van der Waals surface area (Å²) < 4.78 is 17.4. The fraction of sp³-hybridized carbons (Fsp3) is 0.417. The average Bonchev–Trinajstić information content (AvgIpc) is 3.27. The maximum absolute atomic E-state index is 13.0. The van der Waals surface area contributed by atoms with E-state index in [2.05, 4.69) is 24.0 Å². The van der Waals surface area contributed by atoms with Gasteiger partial charge in [-0.05, 0) is 36.8 Å². The van der Waals surface area contributed by atoms with Gasteiger partial charge in [0.05, 0.1) is 44.0 Å². The Morgan fingerprint density at radius 2 is 1.69 bits per heavy atom. The SMILES string of the molecule is COc1cc(CC(=O)N2CCN(C(C)c3nc4ccccc4s3)CC2)cc(OC)c1OC. The quantitative estimate of drug-likeness (QED) is 0.540. The minimum Gasteiger partial charge on any atom is -0.493 e. The van der Waals surface area contributed by atoms with Gasteiger partial charge >= 0.3 is 0 Å². The van der Waals surface area contributed by atoms with Crippen molar-refractivity contribution in [2.24, 2.45) is 0 Å². The summed E-state index contributed by atoms with van der Waals surface area (Å²) in [7, 11) is 4.73. The summed E-state index contributed by atoms with van der Waals surface area (Å²) in [6.45, 7) is 5.28. The Labute approximate surface area is 192 Å². The smallest absolute Gasteiger partial charge is 0.227 e. The third-order valence-electron chi connectivity index (χ3n) is 5.96. The molecule has 0 spiro atoms. The van der Waals surface area contributed by atoms with E-state index >= 15 is 0 Å². The topological polar surface area (TPSA) is 64.1 Å². The molecule has 0 aliphatic carbocycles. The van der Waals surface area contributed by atoms with Crippen LogP contribution in [0.2, 0.25) is 0 Å². The Bertz CT molecular complexity index is 1030. The van der Waals surface area contributed by atoms with E-state index in [4.69, 9.17) is 19.2 Å². The van der Waals surface area contributed by atoms with Crippen molar-refractivity contribution in [1.82, 2.24) is 14.8 Å². The highest BCUT2D eigenvalue weighted by Crippen LogP contribution is 2.38. The van der Waals surface area contributed by atoms with Crippen molar-refractivity contribution in [3.63, 3.8) is 0 Å². The molecule has 0 radical (unpaired) electrons. The van der Waals surface area contributed by atoms with Crippen molar-refractivity contribution in [3.8, 4) is 17.2 Å². The second kappa shape index (κ2) is 9.75. The number of benzene rings is 2. The number of para-hydroxylation sites is 1. The van der Waals surface area contributed by atoms with Crippen LogP contribution in [0.1, 0.15) is 23.5 Å². The summed E-state index contributed by atoms with van der Waals surface area (Å²) >= 11 is 1.75. The third kappa shape index (κ3) is 4.52. The number of thiazole rings is 1. The van der Waals surface area contributed by atoms with Crippen LogP contribution in [0.25, 0.3) is 10.2 Å². The molecule has 1 unspecified atom stereocenters. The molecule has 0 saturated carbocycles. The Morgan fingerprint density at radius 1 is 1.03 bits per heavy atom. The molecule has 1 aliphatic rings. The molecule has 3 aromatic rings. The molecule has 32 heavy (non-hydrogen) atoms. The molecule has 1 fully saturated rings. The lowest BCUT2D eigenvalue weighted by Gasteiger charge is -2.37. The van der Waals surface area contributed by atoms with Gasteiger partial charge in [-0.1, -0.05) is 12.1 Å². The number of nitrogens with zero attached hydrogens (tertiary/aromatic N) is 3. The monoisotopic (exact) mass is 455 g/mol. The Hall–Kier alpha value is -2.84. The number of ether oxygens (including phenoxy) is 3. The second-order valence-electron chi connectivity index (χ2n) is 7.82. The van der Waals surface area contributed by atoms with Crippen molar-refractivity contribution in [3.05, 3.63) is 47.0 Å². The van der Waals surface area contributed by atoms with E-state index in [1.54, 1.807) is 32.7 Å². The molecule has 7 nitrogen and oxygen atoms in total. The van der Waals surface area contributed by atoms with Crippen LogP contribution in [0.4, 0.5) is 0 Å². The van der Waals surface area contributed by atoms with Gasteiger partial charge in [0.2, 0.25) is 11.7 Å². The van der Waals surface area contributed by atoms with Gasteiger partial charge < -0.3 is 19.1 Å². The largest absolute Gasteiger partial charge is 0.493 e. The normalized spacial score (nSPS) is 15.6. The maximum atomic E-state index is 13.0. The van der Waals surface area contributed by atoms with Crippen molar-refractivity contribution < 1.29 is 19.0 Å². The number of fused-ring (bicyclic) bond motifs is 1. The Morgan fingerprint density at radius 3 is 2.28 bits per heavy atom. The van der Waals surface area contributed by atoms with E-state index < -0.39 is 0 Å². The average molecular weight is 456 g/mol. The number of methoxy groups -OCH3 is 3. The van der Waals surface area contributed by atoms with E-state index in [-0.39, 0.29) is 11.9 Å². The number of aromatic nitrogens is 1. The summed E-state index contributed by atoms with van der Waals surface area (Å²) in [5, 5.41) is 1.13. The van der Waals surface area contributed by atoms with Crippen LogP contribution in [0.5, 0.6) is 17.2 Å². The predicted molar refractivity (Wildman–Crippen MR) is 126 cm³/mol. The molecule has 170 valence electrons. The molecule has 1 amide bonds. The highest BCUT2D eigenvalue weighted by atomic mass is 32.1. The number of hydrogen-bond acceptors (Lipinski definition) is 7. The first-order valence-corrected chi connectivity index (χ1v) is 11.5. The van der Waals surface area contributed by atoms with Gasteiger partial charge in [-0.3, -0.25) is 9.69 Å². The molecule has 2 aromatic carbocycles. The molecule has 1 aromatic heterocycles. The molecule has 0 bridgehead atoms. The van der Waals surface area contributed by atoms with Gasteiger partial charge in [-0.2, -0.15) is 0 Å². The van der Waals surface area contributed by atoms with Crippen molar-refractivity contribution in [2.45, 2.75) is 19.4 Å². The summed E-state index contributed by atoms with van der Waals surface area (Å²) in [6, 6.07) is 12.2. The summed E-state index contributed by atoms with van der Waals surface area (Å²) in [4.78, 5) is 22.1. The highest BCUT2D eigenvalue weighted by Gasteiger charge is 2.27. The van der Waals surface area contributed by atoms with E-state index in [0.29, 0.717) is 36.8 Å². The number of carbonyl (C=O) groups is 1. The molecule has 4 rings (SSSR count). The highest BCUT2D eigenvalue weighted by molar-refractivity contribution is 7.18. The number of hydrogen-bond donors (Lipinski definition) is 0. The number of rotatable bonds is 7. The van der Waals surface area contributed by atoms with E-state index in [1.165, 1.54) is 4.70 Å².